The van der Waals surface area contributed by atoms with E-state index in [4.69, 9.17) is 0 Å². The van der Waals surface area contributed by atoms with Crippen LogP contribution in [0.2, 0.25) is 0 Å². The molecule has 1 aliphatic rings. The van der Waals surface area contributed by atoms with Gasteiger partial charge in [0.15, 0.2) is 5.82 Å². The normalized spacial score (nSPS) is 23.0. The molecule has 0 saturated carbocycles. The van der Waals surface area contributed by atoms with Gasteiger partial charge in [-0.3, -0.25) is 5.10 Å². The molecule has 1 fully saturated rings. The highest BCUT2D eigenvalue weighted by Crippen LogP contribution is 2.29. The van der Waals surface area contributed by atoms with Crippen LogP contribution in [0, 0.1) is 0 Å². The molecule has 3 heterocycles. The van der Waals surface area contributed by atoms with E-state index in [1.807, 2.05) is 0 Å². The van der Waals surface area contributed by atoms with Crippen LogP contribution in [-0.4, -0.2) is 49.9 Å². The zero-order valence-electron chi connectivity index (χ0n) is 12.8. The number of anilines is 1. The second-order valence-corrected chi connectivity index (χ2v) is 6.75. The van der Waals surface area contributed by atoms with Crippen LogP contribution in [0.5, 0.6) is 0 Å². The lowest BCUT2D eigenvalue weighted by atomic mass is 10.1. The number of nitrogens with zero attached hydrogens (tertiary/aromatic N) is 5. The van der Waals surface area contributed by atoms with Crippen molar-refractivity contribution in [2.24, 2.45) is 0 Å². The molecule has 8 heteroatoms. The van der Waals surface area contributed by atoms with Gasteiger partial charge in [0.2, 0.25) is 5.95 Å². The number of H-pyrrole nitrogens is 1. The van der Waals surface area contributed by atoms with E-state index in [0.717, 1.165) is 35.4 Å². The molecule has 0 radical (unpaired) electrons. The SMILES string of the molecule is CC1CN(c2n[nH]c(-c3snnc3C(C)C)n2)CC(C)N1. The zero-order valence-corrected chi connectivity index (χ0v) is 13.6. The molecule has 2 unspecified atom stereocenters. The predicted molar refractivity (Wildman–Crippen MR) is 83.6 cm³/mol. The van der Waals surface area contributed by atoms with Crippen molar-refractivity contribution in [1.82, 2.24) is 30.1 Å². The Balaban J connectivity index is 1.84. The number of hydrogen-bond donors (Lipinski definition) is 2. The van der Waals surface area contributed by atoms with Crippen LogP contribution in [0.15, 0.2) is 0 Å². The summed E-state index contributed by atoms with van der Waals surface area (Å²) >= 11 is 1.37. The quantitative estimate of drug-likeness (QED) is 0.897. The Hall–Kier alpha value is -1.54. The summed E-state index contributed by atoms with van der Waals surface area (Å²) in [6.45, 7) is 10.4. The molecule has 0 aromatic carbocycles. The highest BCUT2D eigenvalue weighted by atomic mass is 32.1. The molecule has 21 heavy (non-hydrogen) atoms. The summed E-state index contributed by atoms with van der Waals surface area (Å²) in [5, 5.41) is 15.1. The molecule has 2 N–H and O–H groups in total. The first-order chi connectivity index (χ1) is 10.0. The fourth-order valence-electron chi connectivity index (χ4n) is 2.73. The maximum Gasteiger partial charge on any atom is 0.245 e. The van der Waals surface area contributed by atoms with Gasteiger partial charge >= 0.3 is 0 Å². The van der Waals surface area contributed by atoms with Gasteiger partial charge in [-0.15, -0.1) is 10.2 Å². The second kappa shape index (κ2) is 5.69. The third kappa shape index (κ3) is 2.91. The van der Waals surface area contributed by atoms with Crippen LogP contribution < -0.4 is 10.2 Å². The summed E-state index contributed by atoms with van der Waals surface area (Å²) in [5.74, 6) is 1.85. The lowest BCUT2D eigenvalue weighted by Crippen LogP contribution is -2.54. The summed E-state index contributed by atoms with van der Waals surface area (Å²) in [4.78, 5) is 7.85. The molecule has 1 saturated heterocycles. The van der Waals surface area contributed by atoms with Gasteiger partial charge in [0, 0.05) is 25.2 Å². The summed E-state index contributed by atoms with van der Waals surface area (Å²) in [5.41, 5.74) is 0.977. The Kier molecular flexibility index (Phi) is 3.90. The molecule has 0 bridgehead atoms. The van der Waals surface area contributed by atoms with E-state index in [-0.39, 0.29) is 0 Å². The first-order valence-electron chi connectivity index (χ1n) is 7.30. The van der Waals surface area contributed by atoms with Gasteiger partial charge in [-0.05, 0) is 31.3 Å². The van der Waals surface area contributed by atoms with Crippen LogP contribution in [0.1, 0.15) is 39.3 Å². The first-order valence-corrected chi connectivity index (χ1v) is 8.08. The summed E-state index contributed by atoms with van der Waals surface area (Å²) < 4.78 is 4.05. The number of nitrogens with one attached hydrogen (secondary N) is 2. The van der Waals surface area contributed by atoms with Crippen molar-refractivity contribution in [2.45, 2.75) is 45.7 Å². The highest BCUT2D eigenvalue weighted by Gasteiger charge is 2.25. The summed E-state index contributed by atoms with van der Waals surface area (Å²) in [6, 6.07) is 0.874. The fraction of sp³-hybridized carbons (Fsp3) is 0.692. The van der Waals surface area contributed by atoms with E-state index < -0.39 is 0 Å². The average Bonchev–Trinajstić information content (AvgIpc) is 3.06. The topological polar surface area (TPSA) is 82.6 Å². The molecular weight excluding hydrogens is 286 g/mol. The molecule has 2 aromatic heterocycles. The molecule has 3 rings (SSSR count). The van der Waals surface area contributed by atoms with E-state index in [0.29, 0.717) is 18.0 Å². The van der Waals surface area contributed by atoms with Crippen LogP contribution in [-0.2, 0) is 0 Å². The minimum atomic E-state index is 0.325. The fourth-order valence-corrected chi connectivity index (χ4v) is 3.48. The molecule has 1 aliphatic heterocycles. The Labute approximate surface area is 128 Å². The van der Waals surface area contributed by atoms with E-state index in [9.17, 15) is 0 Å². The smallest absolute Gasteiger partial charge is 0.245 e. The van der Waals surface area contributed by atoms with Crippen molar-refractivity contribution in [2.75, 3.05) is 18.0 Å². The molecule has 0 spiro atoms. The van der Waals surface area contributed by atoms with Crippen LogP contribution >= 0.6 is 11.5 Å². The number of hydrogen-bond acceptors (Lipinski definition) is 7. The standard InChI is InChI=1S/C13H21N7S/c1-7(2)10-11(21-19-16-10)12-15-13(18-17-12)20-5-8(3)14-9(4)6-20/h7-9,14H,5-6H2,1-4H3,(H,15,17,18). The van der Waals surface area contributed by atoms with Gasteiger partial charge in [0.1, 0.15) is 4.88 Å². The Morgan fingerprint density at radius 2 is 1.95 bits per heavy atom. The van der Waals surface area contributed by atoms with Crippen molar-refractivity contribution in [3.8, 4) is 10.7 Å². The van der Waals surface area contributed by atoms with Crippen molar-refractivity contribution in [3.05, 3.63) is 5.69 Å². The average molecular weight is 307 g/mol. The third-order valence-corrected chi connectivity index (χ3v) is 4.34. The number of piperazine rings is 1. The minimum absolute atomic E-state index is 0.325. The lowest BCUT2D eigenvalue weighted by Gasteiger charge is -2.35. The Morgan fingerprint density at radius 3 is 2.62 bits per heavy atom. The van der Waals surface area contributed by atoms with Gasteiger partial charge in [-0.1, -0.05) is 18.3 Å². The molecule has 2 atom stereocenters. The van der Waals surface area contributed by atoms with Gasteiger partial charge in [-0.25, -0.2) is 0 Å². The third-order valence-electron chi connectivity index (χ3n) is 3.59. The number of aromatic nitrogens is 5. The molecule has 2 aromatic rings. The molecule has 0 amide bonds. The van der Waals surface area contributed by atoms with Gasteiger partial charge in [0.25, 0.3) is 0 Å². The van der Waals surface area contributed by atoms with Crippen molar-refractivity contribution in [3.63, 3.8) is 0 Å². The monoisotopic (exact) mass is 307 g/mol. The van der Waals surface area contributed by atoms with E-state index in [2.05, 4.69) is 62.7 Å². The van der Waals surface area contributed by atoms with Gasteiger partial charge < -0.3 is 10.2 Å². The molecule has 0 aliphatic carbocycles. The largest absolute Gasteiger partial charge is 0.336 e. The summed E-state index contributed by atoms with van der Waals surface area (Å²) in [7, 11) is 0. The van der Waals surface area contributed by atoms with E-state index in [1.54, 1.807) is 0 Å². The Morgan fingerprint density at radius 1 is 1.24 bits per heavy atom. The highest BCUT2D eigenvalue weighted by molar-refractivity contribution is 7.09. The summed E-state index contributed by atoms with van der Waals surface area (Å²) in [6.07, 6.45) is 0. The first kappa shape index (κ1) is 14.4. The maximum atomic E-state index is 4.65. The van der Waals surface area contributed by atoms with Crippen molar-refractivity contribution >= 4 is 17.5 Å². The van der Waals surface area contributed by atoms with E-state index >= 15 is 0 Å². The molecular formula is C13H21N7S. The van der Waals surface area contributed by atoms with Crippen LogP contribution in [0.4, 0.5) is 5.95 Å². The zero-order chi connectivity index (χ0) is 15.0. The number of aromatic amines is 1. The van der Waals surface area contributed by atoms with Gasteiger partial charge in [0.05, 0.1) is 5.69 Å². The minimum Gasteiger partial charge on any atom is -0.336 e. The van der Waals surface area contributed by atoms with E-state index in [1.165, 1.54) is 11.5 Å². The Bertz CT molecular complexity index is 595. The molecule has 7 nitrogen and oxygen atoms in total. The predicted octanol–water partition coefficient (Wildman–Crippen LogP) is 1.63. The molecule has 114 valence electrons. The lowest BCUT2D eigenvalue weighted by molar-refractivity contribution is 0.403. The number of rotatable bonds is 3. The van der Waals surface area contributed by atoms with Crippen LogP contribution in [0.25, 0.3) is 10.7 Å². The van der Waals surface area contributed by atoms with Crippen molar-refractivity contribution in [1.29, 1.82) is 0 Å². The second-order valence-electron chi connectivity index (χ2n) is 6.00. The van der Waals surface area contributed by atoms with Crippen LogP contribution in [0.3, 0.4) is 0 Å². The maximum absolute atomic E-state index is 4.65. The van der Waals surface area contributed by atoms with Gasteiger partial charge in [-0.2, -0.15) is 4.98 Å². The van der Waals surface area contributed by atoms with Crippen molar-refractivity contribution < 1.29 is 0 Å².